The second kappa shape index (κ2) is 6.37. The maximum Gasteiger partial charge on any atom is 0.309 e. The maximum absolute atomic E-state index is 11.0. The number of pyridine rings is 1. The van der Waals surface area contributed by atoms with Gasteiger partial charge in [0.05, 0.1) is 24.9 Å². The Balaban J connectivity index is 2.07. The van der Waals surface area contributed by atoms with Gasteiger partial charge in [-0.1, -0.05) is 6.07 Å². The number of aromatic nitrogens is 2. The van der Waals surface area contributed by atoms with E-state index in [-0.39, 0.29) is 29.3 Å². The molecular weight excluding hydrogens is 312 g/mol. The van der Waals surface area contributed by atoms with Gasteiger partial charge in [-0.05, 0) is 24.3 Å². The number of benzene rings is 1. The normalized spacial score (nSPS) is 11.2. The Bertz CT molecular complexity index is 933. The van der Waals surface area contributed by atoms with Crippen LogP contribution < -0.4 is 4.74 Å². The number of carboxylic acids is 1. The van der Waals surface area contributed by atoms with Crippen molar-refractivity contribution < 1.29 is 19.7 Å². The molecule has 0 bridgehead atoms. The monoisotopic (exact) mass is 326 g/mol. The molecule has 0 amide bonds. The molecule has 8 heteroatoms. The SMILES string of the molecule is COc1cccc(N=Nc2c(CC(=O)O)nc3c(O)cccn23)c1. The lowest BCUT2D eigenvalue weighted by atomic mass is 10.3. The number of aliphatic carboxylic acids is 1. The van der Waals surface area contributed by atoms with Gasteiger partial charge in [-0.25, -0.2) is 4.98 Å². The molecule has 122 valence electrons. The Morgan fingerprint density at radius 1 is 1.29 bits per heavy atom. The van der Waals surface area contributed by atoms with Gasteiger partial charge in [-0.3, -0.25) is 9.20 Å². The van der Waals surface area contributed by atoms with E-state index in [0.29, 0.717) is 11.4 Å². The number of methoxy groups -OCH3 is 1. The summed E-state index contributed by atoms with van der Waals surface area (Å²) >= 11 is 0. The molecule has 1 aromatic carbocycles. The van der Waals surface area contributed by atoms with Crippen molar-refractivity contribution >= 4 is 23.1 Å². The number of carboxylic acid groups (broad SMARTS) is 1. The fourth-order valence-electron chi connectivity index (χ4n) is 2.23. The molecule has 0 spiro atoms. The van der Waals surface area contributed by atoms with E-state index in [0.717, 1.165) is 0 Å². The summed E-state index contributed by atoms with van der Waals surface area (Å²) in [6.45, 7) is 0. The van der Waals surface area contributed by atoms with Crippen LogP contribution in [-0.2, 0) is 11.2 Å². The van der Waals surface area contributed by atoms with Gasteiger partial charge in [0.1, 0.15) is 5.75 Å². The molecule has 0 saturated heterocycles. The lowest BCUT2D eigenvalue weighted by molar-refractivity contribution is -0.136. The third kappa shape index (κ3) is 3.02. The van der Waals surface area contributed by atoms with Crippen molar-refractivity contribution in [2.24, 2.45) is 10.2 Å². The molecule has 0 unspecified atom stereocenters. The van der Waals surface area contributed by atoms with E-state index in [1.54, 1.807) is 43.6 Å². The van der Waals surface area contributed by atoms with E-state index in [9.17, 15) is 9.90 Å². The molecule has 0 atom stereocenters. The summed E-state index contributed by atoms with van der Waals surface area (Å²) < 4.78 is 6.62. The maximum atomic E-state index is 11.0. The van der Waals surface area contributed by atoms with Crippen molar-refractivity contribution in [2.75, 3.05) is 7.11 Å². The first-order valence-electron chi connectivity index (χ1n) is 7.05. The van der Waals surface area contributed by atoms with E-state index in [2.05, 4.69) is 15.2 Å². The van der Waals surface area contributed by atoms with Crippen molar-refractivity contribution in [3.05, 3.63) is 48.3 Å². The minimum absolute atomic E-state index is 0.0630. The number of hydrogen-bond acceptors (Lipinski definition) is 6. The first-order chi connectivity index (χ1) is 11.6. The molecule has 3 aromatic rings. The van der Waals surface area contributed by atoms with Crippen molar-refractivity contribution in [1.29, 1.82) is 0 Å². The fraction of sp³-hybridized carbons (Fsp3) is 0.125. The second-order valence-corrected chi connectivity index (χ2v) is 4.94. The van der Waals surface area contributed by atoms with Gasteiger partial charge in [-0.15, -0.1) is 10.2 Å². The highest BCUT2D eigenvalue weighted by Gasteiger charge is 2.16. The molecule has 0 saturated carbocycles. The van der Waals surface area contributed by atoms with Gasteiger partial charge >= 0.3 is 5.97 Å². The number of nitrogens with zero attached hydrogens (tertiary/aromatic N) is 4. The van der Waals surface area contributed by atoms with Crippen LogP contribution in [0.4, 0.5) is 11.5 Å². The zero-order valence-corrected chi connectivity index (χ0v) is 12.7. The van der Waals surface area contributed by atoms with E-state index in [1.165, 1.54) is 10.5 Å². The lowest BCUT2D eigenvalue weighted by Gasteiger charge is -2.00. The number of carbonyl (C=O) groups is 1. The average Bonchev–Trinajstić information content (AvgIpc) is 2.91. The van der Waals surface area contributed by atoms with Crippen LogP contribution in [0.3, 0.4) is 0 Å². The first-order valence-corrected chi connectivity index (χ1v) is 7.05. The van der Waals surface area contributed by atoms with Gasteiger partial charge in [-0.2, -0.15) is 0 Å². The van der Waals surface area contributed by atoms with Crippen LogP contribution in [0.1, 0.15) is 5.69 Å². The summed E-state index contributed by atoms with van der Waals surface area (Å²) in [6, 6.07) is 10.1. The fourth-order valence-corrected chi connectivity index (χ4v) is 2.23. The van der Waals surface area contributed by atoms with Gasteiger partial charge < -0.3 is 14.9 Å². The minimum Gasteiger partial charge on any atom is -0.504 e. The number of rotatable bonds is 5. The third-order valence-electron chi connectivity index (χ3n) is 3.31. The molecule has 2 N–H and O–H groups in total. The predicted octanol–water partition coefficient (Wildman–Crippen LogP) is 3.09. The molecule has 8 nitrogen and oxygen atoms in total. The largest absolute Gasteiger partial charge is 0.504 e. The number of azo groups is 1. The van der Waals surface area contributed by atoms with Gasteiger partial charge in [0.2, 0.25) is 0 Å². The number of hydrogen-bond donors (Lipinski definition) is 2. The molecule has 3 rings (SSSR count). The number of ether oxygens (including phenoxy) is 1. The Hall–Kier alpha value is -3.42. The molecule has 0 radical (unpaired) electrons. The molecule has 24 heavy (non-hydrogen) atoms. The highest BCUT2D eigenvalue weighted by atomic mass is 16.5. The average molecular weight is 326 g/mol. The molecule has 0 aliphatic carbocycles. The molecule has 2 heterocycles. The zero-order chi connectivity index (χ0) is 17.1. The summed E-state index contributed by atoms with van der Waals surface area (Å²) in [5, 5.41) is 27.2. The standard InChI is InChI=1S/C16H14N4O4/c1-24-11-5-2-4-10(8-11)18-19-15-12(9-14(22)23)17-16-13(21)6-3-7-20(15)16/h2-8,21H,9H2,1H3,(H,22,23). The van der Waals surface area contributed by atoms with Crippen LogP contribution in [0.2, 0.25) is 0 Å². The Labute approximate surface area is 136 Å². The van der Waals surface area contributed by atoms with Crippen LogP contribution in [-0.4, -0.2) is 32.7 Å². The minimum atomic E-state index is -1.05. The first kappa shape index (κ1) is 15.5. The van der Waals surface area contributed by atoms with E-state index in [4.69, 9.17) is 9.84 Å². The highest BCUT2D eigenvalue weighted by molar-refractivity contribution is 5.73. The number of aromatic hydroxyl groups is 1. The molecular formula is C16H14N4O4. The summed E-state index contributed by atoms with van der Waals surface area (Å²) in [7, 11) is 1.55. The summed E-state index contributed by atoms with van der Waals surface area (Å²) in [5.41, 5.74) is 0.995. The molecule has 0 fully saturated rings. The Morgan fingerprint density at radius 3 is 2.88 bits per heavy atom. The van der Waals surface area contributed by atoms with Crippen LogP contribution in [0, 0.1) is 0 Å². The van der Waals surface area contributed by atoms with Crippen molar-refractivity contribution in [1.82, 2.24) is 9.38 Å². The second-order valence-electron chi connectivity index (χ2n) is 4.94. The lowest BCUT2D eigenvalue weighted by Crippen LogP contribution is -2.00. The van der Waals surface area contributed by atoms with Gasteiger partial charge in [0.15, 0.2) is 17.2 Å². The summed E-state index contributed by atoms with van der Waals surface area (Å²) in [5.74, 6) is -0.221. The van der Waals surface area contributed by atoms with Crippen LogP contribution in [0.25, 0.3) is 5.65 Å². The van der Waals surface area contributed by atoms with Gasteiger partial charge in [0.25, 0.3) is 0 Å². The van der Waals surface area contributed by atoms with Crippen LogP contribution >= 0.6 is 0 Å². The van der Waals surface area contributed by atoms with Crippen LogP contribution in [0.15, 0.2) is 52.8 Å². The number of imidazole rings is 1. The quantitative estimate of drug-likeness (QED) is 0.700. The molecule has 0 aliphatic rings. The Morgan fingerprint density at radius 2 is 2.12 bits per heavy atom. The van der Waals surface area contributed by atoms with E-state index >= 15 is 0 Å². The van der Waals surface area contributed by atoms with Crippen molar-refractivity contribution in [3.63, 3.8) is 0 Å². The zero-order valence-electron chi connectivity index (χ0n) is 12.7. The smallest absolute Gasteiger partial charge is 0.309 e. The van der Waals surface area contributed by atoms with Gasteiger partial charge in [0, 0.05) is 12.3 Å². The summed E-state index contributed by atoms with van der Waals surface area (Å²) in [4.78, 5) is 15.2. The third-order valence-corrected chi connectivity index (χ3v) is 3.31. The van der Waals surface area contributed by atoms with Crippen molar-refractivity contribution in [3.8, 4) is 11.5 Å². The number of fused-ring (bicyclic) bond motifs is 1. The summed E-state index contributed by atoms with van der Waals surface area (Å²) in [6.07, 6.45) is 1.31. The van der Waals surface area contributed by atoms with Crippen LogP contribution in [0.5, 0.6) is 11.5 Å². The highest BCUT2D eigenvalue weighted by Crippen LogP contribution is 2.29. The Kier molecular flexibility index (Phi) is 4.11. The predicted molar refractivity (Wildman–Crippen MR) is 85.4 cm³/mol. The molecule has 2 aromatic heterocycles. The molecule has 0 aliphatic heterocycles. The van der Waals surface area contributed by atoms with Crippen molar-refractivity contribution in [2.45, 2.75) is 6.42 Å². The van der Waals surface area contributed by atoms with E-state index < -0.39 is 5.97 Å². The topological polar surface area (TPSA) is 109 Å². The van der Waals surface area contributed by atoms with E-state index in [1.807, 2.05) is 0 Å².